The van der Waals surface area contributed by atoms with Crippen molar-refractivity contribution in [1.82, 2.24) is 5.43 Å². The molecule has 0 saturated carbocycles. The van der Waals surface area contributed by atoms with E-state index in [1.165, 1.54) is 40.9 Å². The monoisotopic (exact) mass is 369 g/mol. The number of carbonyl (C=O) groups is 2. The van der Waals surface area contributed by atoms with E-state index >= 15 is 0 Å². The van der Waals surface area contributed by atoms with Crippen LogP contribution in [-0.4, -0.2) is 22.7 Å². The molecular formula is C14H9ClFN3O2S2. The number of carbonyl (C=O) groups excluding carboxylic acids is 2. The molecule has 0 spiro atoms. The molecule has 2 amide bonds. The minimum absolute atomic E-state index is 0.186. The van der Waals surface area contributed by atoms with Crippen LogP contribution in [0.15, 0.2) is 41.5 Å². The summed E-state index contributed by atoms with van der Waals surface area (Å²) >= 11 is 8.11. The SMILES string of the molecule is O=C(N/N=C1/SCC(=O)N1c1ccc(F)cc1)c1ccc(Cl)s1. The minimum atomic E-state index is -0.409. The Bertz CT molecular complexity index is 792. The molecule has 3 rings (SSSR count). The number of nitrogens with one attached hydrogen (secondary N) is 1. The number of amidine groups is 1. The molecule has 0 atom stereocenters. The predicted molar refractivity (Wildman–Crippen MR) is 90.6 cm³/mol. The smallest absolute Gasteiger partial charge is 0.273 e. The Morgan fingerprint density at radius 3 is 2.65 bits per heavy atom. The number of nitrogens with zero attached hydrogens (tertiary/aromatic N) is 2. The molecule has 1 aromatic heterocycles. The first-order valence-electron chi connectivity index (χ1n) is 6.39. The predicted octanol–water partition coefficient (Wildman–Crippen LogP) is 3.32. The number of amides is 2. The van der Waals surface area contributed by atoms with Gasteiger partial charge in [-0.15, -0.1) is 16.4 Å². The second-order valence-corrected chi connectivity index (χ2v) is 7.09. The van der Waals surface area contributed by atoms with Crippen molar-refractivity contribution in [3.8, 4) is 0 Å². The quantitative estimate of drug-likeness (QED) is 0.844. The average Bonchev–Trinajstić information content (AvgIpc) is 3.12. The van der Waals surface area contributed by atoms with Gasteiger partial charge in [-0.05, 0) is 36.4 Å². The maximum Gasteiger partial charge on any atom is 0.281 e. The maximum atomic E-state index is 13.0. The number of hydrogen-bond acceptors (Lipinski definition) is 5. The molecule has 0 unspecified atom stereocenters. The van der Waals surface area contributed by atoms with Crippen molar-refractivity contribution in [2.45, 2.75) is 0 Å². The van der Waals surface area contributed by atoms with Gasteiger partial charge in [0.25, 0.3) is 5.91 Å². The number of halogens is 2. The number of hydrogen-bond donors (Lipinski definition) is 1. The van der Waals surface area contributed by atoms with Crippen LogP contribution in [0.25, 0.3) is 0 Å². The van der Waals surface area contributed by atoms with Gasteiger partial charge in [0.1, 0.15) is 5.82 Å². The Morgan fingerprint density at radius 1 is 1.26 bits per heavy atom. The van der Waals surface area contributed by atoms with Crippen molar-refractivity contribution < 1.29 is 14.0 Å². The first-order valence-corrected chi connectivity index (χ1v) is 8.57. The van der Waals surface area contributed by atoms with Gasteiger partial charge in [-0.2, -0.15) is 0 Å². The number of hydrazone groups is 1. The number of anilines is 1. The van der Waals surface area contributed by atoms with Crippen LogP contribution >= 0.6 is 34.7 Å². The summed E-state index contributed by atoms with van der Waals surface area (Å²) in [6, 6.07) is 8.69. The highest BCUT2D eigenvalue weighted by molar-refractivity contribution is 8.15. The molecule has 1 aliphatic heterocycles. The highest BCUT2D eigenvalue weighted by Gasteiger charge is 2.30. The molecule has 23 heavy (non-hydrogen) atoms. The zero-order valence-electron chi connectivity index (χ0n) is 11.5. The van der Waals surface area contributed by atoms with E-state index in [1.807, 2.05) is 0 Å². The zero-order chi connectivity index (χ0) is 16.4. The summed E-state index contributed by atoms with van der Waals surface area (Å²) in [6.07, 6.45) is 0. The van der Waals surface area contributed by atoms with E-state index in [4.69, 9.17) is 11.6 Å². The lowest BCUT2D eigenvalue weighted by atomic mass is 10.3. The molecule has 9 heteroatoms. The van der Waals surface area contributed by atoms with Gasteiger partial charge in [0, 0.05) is 0 Å². The first kappa shape index (κ1) is 16.0. The largest absolute Gasteiger partial charge is 0.281 e. The van der Waals surface area contributed by atoms with Gasteiger partial charge in [0.2, 0.25) is 5.91 Å². The summed E-state index contributed by atoms with van der Waals surface area (Å²) in [5.41, 5.74) is 2.89. The highest BCUT2D eigenvalue weighted by atomic mass is 35.5. The zero-order valence-corrected chi connectivity index (χ0v) is 13.8. The van der Waals surface area contributed by atoms with E-state index < -0.39 is 11.7 Å². The molecule has 2 heterocycles. The fourth-order valence-corrected chi connectivity index (χ4v) is 3.64. The van der Waals surface area contributed by atoms with Crippen LogP contribution in [0, 0.1) is 5.82 Å². The van der Waals surface area contributed by atoms with Crippen LogP contribution < -0.4 is 10.3 Å². The normalized spacial score (nSPS) is 16.2. The number of thioether (sulfide) groups is 1. The minimum Gasteiger partial charge on any atom is -0.273 e. The molecule has 5 nitrogen and oxygen atoms in total. The molecule has 0 radical (unpaired) electrons. The standard InChI is InChI=1S/C14H9ClFN3O2S2/c15-11-6-5-10(23-11)13(21)17-18-14-19(12(20)7-22-14)9-3-1-8(16)2-4-9/h1-6H,7H2,(H,17,21)/b18-14+. The molecule has 118 valence electrons. The lowest BCUT2D eigenvalue weighted by molar-refractivity contribution is -0.115. The lowest BCUT2D eigenvalue weighted by Gasteiger charge is -2.15. The summed E-state index contributed by atoms with van der Waals surface area (Å²) in [5, 5.41) is 4.33. The van der Waals surface area contributed by atoms with E-state index in [1.54, 1.807) is 12.1 Å². The first-order chi connectivity index (χ1) is 11.0. The maximum absolute atomic E-state index is 13.0. The Hall–Kier alpha value is -1.90. The van der Waals surface area contributed by atoms with Crippen molar-refractivity contribution in [1.29, 1.82) is 0 Å². The van der Waals surface area contributed by atoms with Crippen molar-refractivity contribution in [3.05, 3.63) is 51.4 Å². The van der Waals surface area contributed by atoms with Crippen LogP contribution in [0.5, 0.6) is 0 Å². The Balaban J connectivity index is 1.78. The Labute approximate surface area is 144 Å². The molecular weight excluding hydrogens is 361 g/mol. The van der Waals surface area contributed by atoms with Gasteiger partial charge < -0.3 is 0 Å². The topological polar surface area (TPSA) is 61.8 Å². The van der Waals surface area contributed by atoms with Crippen molar-refractivity contribution in [2.24, 2.45) is 5.10 Å². The fourth-order valence-electron chi connectivity index (χ4n) is 1.88. The van der Waals surface area contributed by atoms with E-state index in [0.717, 1.165) is 11.3 Å². The van der Waals surface area contributed by atoms with Crippen LogP contribution in [0.1, 0.15) is 9.67 Å². The fraction of sp³-hybridized carbons (Fsp3) is 0.0714. The van der Waals surface area contributed by atoms with Crippen LogP contribution in [0.4, 0.5) is 10.1 Å². The summed E-state index contributed by atoms with van der Waals surface area (Å²) in [7, 11) is 0. The molecule has 0 bridgehead atoms. The Morgan fingerprint density at radius 2 is 2.00 bits per heavy atom. The van der Waals surface area contributed by atoms with Crippen molar-refractivity contribution in [2.75, 3.05) is 10.7 Å². The molecule has 1 saturated heterocycles. The van der Waals surface area contributed by atoms with Gasteiger partial charge in [-0.25, -0.2) is 9.82 Å². The molecule has 0 aliphatic carbocycles. The molecule has 2 aromatic rings. The molecule has 1 aliphatic rings. The summed E-state index contributed by atoms with van der Waals surface area (Å²) in [4.78, 5) is 25.7. The van der Waals surface area contributed by atoms with Crippen molar-refractivity contribution in [3.63, 3.8) is 0 Å². The van der Waals surface area contributed by atoms with E-state index in [-0.39, 0.29) is 11.7 Å². The van der Waals surface area contributed by atoms with Gasteiger partial charge in [-0.1, -0.05) is 23.4 Å². The van der Waals surface area contributed by atoms with E-state index in [9.17, 15) is 14.0 Å². The summed E-state index contributed by atoms with van der Waals surface area (Å²) in [6.45, 7) is 0. The van der Waals surface area contributed by atoms with Crippen LogP contribution in [-0.2, 0) is 4.79 Å². The van der Waals surface area contributed by atoms with E-state index in [2.05, 4.69) is 10.5 Å². The average molecular weight is 370 g/mol. The summed E-state index contributed by atoms with van der Waals surface area (Å²) < 4.78 is 13.5. The molecule has 1 fully saturated rings. The van der Waals surface area contributed by atoms with Crippen LogP contribution in [0.2, 0.25) is 4.34 Å². The second kappa shape index (κ2) is 6.69. The Kier molecular flexibility index (Phi) is 4.65. The van der Waals surface area contributed by atoms with E-state index in [0.29, 0.717) is 20.1 Å². The van der Waals surface area contributed by atoms with Gasteiger partial charge in [0.05, 0.1) is 20.7 Å². The lowest BCUT2D eigenvalue weighted by Crippen LogP contribution is -2.31. The van der Waals surface area contributed by atoms with Crippen LogP contribution in [0.3, 0.4) is 0 Å². The van der Waals surface area contributed by atoms with Gasteiger partial charge >= 0.3 is 0 Å². The third kappa shape index (κ3) is 3.54. The number of benzene rings is 1. The second-order valence-electron chi connectivity index (χ2n) is 4.43. The number of thiophene rings is 1. The van der Waals surface area contributed by atoms with Gasteiger partial charge in [0.15, 0.2) is 5.17 Å². The summed E-state index contributed by atoms with van der Waals surface area (Å²) in [5.74, 6) is -0.784. The highest BCUT2D eigenvalue weighted by Crippen LogP contribution is 2.27. The molecule has 1 N–H and O–H groups in total. The third-order valence-corrected chi connectivity index (χ3v) is 5.05. The third-order valence-electron chi connectivity index (χ3n) is 2.90. The van der Waals surface area contributed by atoms with Crippen molar-refractivity contribution >= 4 is 57.4 Å². The number of rotatable bonds is 3. The van der Waals surface area contributed by atoms with Gasteiger partial charge in [-0.3, -0.25) is 14.5 Å². The molecule has 1 aromatic carbocycles.